The number of hydrogen-bond acceptors (Lipinski definition) is 2. The Labute approximate surface area is 105 Å². The maximum atomic E-state index is 12.1. The zero-order chi connectivity index (χ0) is 12.7. The summed E-state index contributed by atoms with van der Waals surface area (Å²) in [5, 5.41) is 8.86. The summed E-state index contributed by atoms with van der Waals surface area (Å²) in [4.78, 5) is 24.7. The summed E-state index contributed by atoms with van der Waals surface area (Å²) in [6.45, 7) is 1.33. The van der Waals surface area contributed by atoms with Crippen molar-refractivity contribution in [1.82, 2.24) is 4.90 Å². The molecule has 2 unspecified atom stereocenters. The van der Waals surface area contributed by atoms with Crippen LogP contribution in [0.4, 0.5) is 0 Å². The van der Waals surface area contributed by atoms with E-state index in [0.717, 1.165) is 6.42 Å². The van der Waals surface area contributed by atoms with Gasteiger partial charge in [-0.3, -0.25) is 9.59 Å². The van der Waals surface area contributed by atoms with E-state index in [0.29, 0.717) is 19.5 Å². The number of nitrogens with zero attached hydrogens (tertiary/aromatic N) is 1. The number of carboxylic acids is 1. The molecule has 3 rings (SSSR count). The Morgan fingerprint density at radius 3 is 2.56 bits per heavy atom. The molecule has 0 saturated heterocycles. The fourth-order valence-electron chi connectivity index (χ4n) is 2.66. The van der Waals surface area contributed by atoms with Crippen molar-refractivity contribution in [3.63, 3.8) is 0 Å². The quantitative estimate of drug-likeness (QED) is 0.854. The van der Waals surface area contributed by atoms with Gasteiger partial charge < -0.3 is 10.0 Å². The number of fused-ring (bicyclic) bond motifs is 1. The van der Waals surface area contributed by atoms with Crippen molar-refractivity contribution in [2.24, 2.45) is 11.8 Å². The van der Waals surface area contributed by atoms with Crippen LogP contribution in [0.25, 0.3) is 0 Å². The number of carboxylic acid groups (broad SMARTS) is 1. The summed E-state index contributed by atoms with van der Waals surface area (Å²) in [7, 11) is 0. The van der Waals surface area contributed by atoms with E-state index in [1.807, 2.05) is 18.2 Å². The summed E-state index contributed by atoms with van der Waals surface area (Å²) in [6, 6.07) is 8.12. The minimum Gasteiger partial charge on any atom is -0.481 e. The average Bonchev–Trinajstić information content (AvgIpc) is 3.17. The average molecular weight is 245 g/mol. The van der Waals surface area contributed by atoms with Gasteiger partial charge in [-0.1, -0.05) is 24.3 Å². The maximum absolute atomic E-state index is 12.1. The van der Waals surface area contributed by atoms with Crippen LogP contribution in [0.15, 0.2) is 24.3 Å². The summed E-state index contributed by atoms with van der Waals surface area (Å²) in [5.74, 6) is -1.56. The molecular formula is C14H15NO3. The van der Waals surface area contributed by atoms with Crippen LogP contribution < -0.4 is 0 Å². The van der Waals surface area contributed by atoms with Gasteiger partial charge in [-0.25, -0.2) is 0 Å². The Bertz CT molecular complexity index is 512. The van der Waals surface area contributed by atoms with Crippen LogP contribution in [-0.4, -0.2) is 28.4 Å². The lowest BCUT2D eigenvalue weighted by molar-refractivity contribution is -0.142. The first-order valence-corrected chi connectivity index (χ1v) is 6.25. The number of benzene rings is 1. The van der Waals surface area contributed by atoms with Gasteiger partial charge in [0.15, 0.2) is 0 Å². The van der Waals surface area contributed by atoms with Crippen molar-refractivity contribution in [3.8, 4) is 0 Å². The highest BCUT2D eigenvalue weighted by molar-refractivity contribution is 5.89. The summed E-state index contributed by atoms with van der Waals surface area (Å²) in [6.07, 6.45) is 1.37. The molecule has 1 aromatic carbocycles. The molecule has 1 aromatic rings. The Morgan fingerprint density at radius 1 is 1.17 bits per heavy atom. The smallest absolute Gasteiger partial charge is 0.307 e. The molecule has 1 fully saturated rings. The topological polar surface area (TPSA) is 57.6 Å². The summed E-state index contributed by atoms with van der Waals surface area (Å²) >= 11 is 0. The highest BCUT2D eigenvalue weighted by atomic mass is 16.4. The molecule has 2 atom stereocenters. The third-order valence-corrected chi connectivity index (χ3v) is 3.87. The Hall–Kier alpha value is -1.84. The normalized spacial score (nSPS) is 25.4. The fourth-order valence-corrected chi connectivity index (χ4v) is 2.66. The molecule has 18 heavy (non-hydrogen) atoms. The predicted octanol–water partition coefficient (Wildman–Crippen LogP) is 1.29. The zero-order valence-electron chi connectivity index (χ0n) is 10.0. The lowest BCUT2D eigenvalue weighted by Crippen LogP contribution is -2.37. The first-order chi connectivity index (χ1) is 8.66. The van der Waals surface area contributed by atoms with Crippen LogP contribution in [0.3, 0.4) is 0 Å². The fraction of sp³-hybridized carbons (Fsp3) is 0.429. The minimum atomic E-state index is -0.842. The lowest BCUT2D eigenvalue weighted by atomic mass is 9.99. The van der Waals surface area contributed by atoms with Crippen LogP contribution in [-0.2, 0) is 22.6 Å². The molecule has 0 spiro atoms. The second-order valence-electron chi connectivity index (χ2n) is 5.07. The number of amides is 1. The van der Waals surface area contributed by atoms with Gasteiger partial charge >= 0.3 is 5.97 Å². The number of aliphatic carboxylic acids is 1. The molecule has 1 aliphatic heterocycles. The first kappa shape index (κ1) is 11.3. The van der Waals surface area contributed by atoms with Crippen molar-refractivity contribution in [2.75, 3.05) is 6.54 Å². The Kier molecular flexibility index (Phi) is 2.58. The van der Waals surface area contributed by atoms with E-state index in [9.17, 15) is 9.59 Å². The van der Waals surface area contributed by atoms with E-state index >= 15 is 0 Å². The first-order valence-electron chi connectivity index (χ1n) is 6.25. The van der Waals surface area contributed by atoms with Crippen molar-refractivity contribution >= 4 is 11.9 Å². The van der Waals surface area contributed by atoms with Gasteiger partial charge in [0.25, 0.3) is 0 Å². The number of carbonyl (C=O) groups excluding carboxylic acids is 1. The minimum absolute atomic E-state index is 0.0110. The second kappa shape index (κ2) is 4.12. The number of rotatable bonds is 2. The van der Waals surface area contributed by atoms with Crippen LogP contribution in [0, 0.1) is 11.8 Å². The van der Waals surface area contributed by atoms with Crippen LogP contribution >= 0.6 is 0 Å². The molecule has 2 aliphatic rings. The van der Waals surface area contributed by atoms with Gasteiger partial charge in [0.2, 0.25) is 5.91 Å². The molecule has 1 heterocycles. The van der Waals surface area contributed by atoms with E-state index in [4.69, 9.17) is 5.11 Å². The molecular weight excluding hydrogens is 230 g/mol. The molecule has 1 amide bonds. The summed E-state index contributed by atoms with van der Waals surface area (Å²) < 4.78 is 0. The highest BCUT2D eigenvalue weighted by Gasteiger charge is 2.49. The number of hydrogen-bond donors (Lipinski definition) is 1. The predicted molar refractivity (Wildman–Crippen MR) is 64.8 cm³/mol. The van der Waals surface area contributed by atoms with Crippen molar-refractivity contribution in [2.45, 2.75) is 19.4 Å². The van der Waals surface area contributed by atoms with E-state index < -0.39 is 11.9 Å². The Balaban J connectivity index is 1.70. The zero-order valence-corrected chi connectivity index (χ0v) is 10.0. The maximum Gasteiger partial charge on any atom is 0.307 e. The van der Waals surface area contributed by atoms with E-state index in [1.165, 1.54) is 11.1 Å². The van der Waals surface area contributed by atoms with Crippen molar-refractivity contribution in [1.29, 1.82) is 0 Å². The molecule has 0 aromatic heterocycles. The summed E-state index contributed by atoms with van der Waals surface area (Å²) in [5.41, 5.74) is 2.48. The van der Waals surface area contributed by atoms with Crippen LogP contribution in [0.1, 0.15) is 17.5 Å². The molecule has 1 aliphatic carbocycles. The highest BCUT2D eigenvalue weighted by Crippen LogP contribution is 2.40. The van der Waals surface area contributed by atoms with Gasteiger partial charge in [0.1, 0.15) is 0 Å². The van der Waals surface area contributed by atoms with Gasteiger partial charge in [0.05, 0.1) is 11.8 Å². The number of carbonyl (C=O) groups is 2. The molecule has 1 saturated carbocycles. The van der Waals surface area contributed by atoms with Gasteiger partial charge in [-0.2, -0.15) is 0 Å². The monoisotopic (exact) mass is 245 g/mol. The Morgan fingerprint density at radius 2 is 1.89 bits per heavy atom. The second-order valence-corrected chi connectivity index (χ2v) is 5.07. The van der Waals surface area contributed by atoms with Gasteiger partial charge in [-0.05, 0) is 24.0 Å². The molecule has 0 radical (unpaired) electrons. The molecule has 1 N–H and O–H groups in total. The molecule has 4 heteroatoms. The largest absolute Gasteiger partial charge is 0.481 e. The van der Waals surface area contributed by atoms with Gasteiger partial charge in [-0.15, -0.1) is 0 Å². The third kappa shape index (κ3) is 1.88. The van der Waals surface area contributed by atoms with Crippen molar-refractivity contribution < 1.29 is 14.7 Å². The SMILES string of the molecule is O=C(O)C1CC1C(=O)N1CCc2ccccc2C1. The van der Waals surface area contributed by atoms with E-state index in [-0.39, 0.29) is 11.8 Å². The lowest BCUT2D eigenvalue weighted by Gasteiger charge is -2.29. The van der Waals surface area contributed by atoms with E-state index in [2.05, 4.69) is 6.07 Å². The molecule has 0 bridgehead atoms. The van der Waals surface area contributed by atoms with Crippen LogP contribution in [0.5, 0.6) is 0 Å². The van der Waals surface area contributed by atoms with Crippen LogP contribution in [0.2, 0.25) is 0 Å². The van der Waals surface area contributed by atoms with Gasteiger partial charge in [0, 0.05) is 13.1 Å². The van der Waals surface area contributed by atoms with Crippen molar-refractivity contribution in [3.05, 3.63) is 35.4 Å². The molecule has 4 nitrogen and oxygen atoms in total. The third-order valence-electron chi connectivity index (χ3n) is 3.87. The molecule has 94 valence electrons. The standard InChI is InChI=1S/C14H15NO3/c16-13(11-7-12(11)14(17)18)15-6-5-9-3-1-2-4-10(9)8-15/h1-4,11-12H,5-8H2,(H,17,18). The van der Waals surface area contributed by atoms with E-state index in [1.54, 1.807) is 4.90 Å².